The molecule has 0 aromatic heterocycles. The molecule has 1 saturated carbocycles. The fourth-order valence-electron chi connectivity index (χ4n) is 7.24. The summed E-state index contributed by atoms with van der Waals surface area (Å²) < 4.78 is 11.5. The lowest BCUT2D eigenvalue weighted by Gasteiger charge is -2.31. The summed E-state index contributed by atoms with van der Waals surface area (Å²) in [4.78, 5) is 94.1. The Balaban J connectivity index is 1.49. The first-order valence-electron chi connectivity index (χ1n) is 20.7. The molecule has 5 amide bonds. The van der Waals surface area contributed by atoms with E-state index in [2.05, 4.69) is 26.6 Å². The number of fused-ring (bicyclic) bond motifs is 2. The number of ether oxygens (including phenoxy) is 2. The lowest BCUT2D eigenvalue weighted by molar-refractivity contribution is -0.158. The van der Waals surface area contributed by atoms with Crippen molar-refractivity contribution in [3.63, 3.8) is 0 Å². The smallest absolute Gasteiger partial charge is 0.333 e. The number of amides is 5. The summed E-state index contributed by atoms with van der Waals surface area (Å²) >= 11 is 0. The Labute approximate surface area is 341 Å². The van der Waals surface area contributed by atoms with Gasteiger partial charge in [-0.3, -0.25) is 28.8 Å². The Kier molecular flexibility index (Phi) is 17.7. The fraction of sp³-hybridized carbons (Fsp3) is 0.568. The molecule has 2 aromatic carbocycles. The number of carbonyl (C=O) groups is 7. The molecule has 1 aliphatic carbocycles. The number of ketones is 1. The molecule has 2 aromatic rings. The zero-order chi connectivity index (χ0) is 42.1. The van der Waals surface area contributed by atoms with Crippen LogP contribution in [0.4, 0.5) is 0 Å². The molecule has 1 aliphatic heterocycles. The van der Waals surface area contributed by atoms with E-state index in [9.17, 15) is 33.6 Å². The largest absolute Gasteiger partial charge is 0.494 e. The maximum Gasteiger partial charge on any atom is 0.333 e. The second kappa shape index (κ2) is 22.6. The van der Waals surface area contributed by atoms with Crippen molar-refractivity contribution >= 4 is 41.3 Å². The zero-order valence-electron chi connectivity index (χ0n) is 34.4. The molecule has 14 nitrogen and oxygen atoms in total. The summed E-state index contributed by atoms with van der Waals surface area (Å²) in [5.74, 6) is -4.39. The van der Waals surface area contributed by atoms with Gasteiger partial charge in [-0.05, 0) is 82.1 Å². The highest BCUT2D eigenvalue weighted by atomic mass is 16.6. The Morgan fingerprint density at radius 2 is 1.57 bits per heavy atom. The number of benzene rings is 2. The minimum atomic E-state index is -1.27. The van der Waals surface area contributed by atoms with E-state index in [1.54, 1.807) is 64.1 Å². The monoisotopic (exact) mass is 803 g/mol. The number of carbonyl (C=O) groups excluding carboxylic acids is 7. The van der Waals surface area contributed by atoms with Crippen LogP contribution in [0.5, 0.6) is 5.75 Å². The molecule has 2 unspecified atom stereocenters. The van der Waals surface area contributed by atoms with Crippen LogP contribution >= 0.6 is 0 Å². The van der Waals surface area contributed by atoms with E-state index in [0.29, 0.717) is 36.3 Å². The summed E-state index contributed by atoms with van der Waals surface area (Å²) in [7, 11) is 0. The Morgan fingerprint density at radius 1 is 0.862 bits per heavy atom. The van der Waals surface area contributed by atoms with E-state index in [0.717, 1.165) is 51.4 Å². The van der Waals surface area contributed by atoms with Crippen molar-refractivity contribution in [3.05, 3.63) is 65.7 Å². The van der Waals surface area contributed by atoms with Gasteiger partial charge in [0.05, 0.1) is 19.2 Å². The van der Waals surface area contributed by atoms with Crippen LogP contribution in [-0.4, -0.2) is 78.2 Å². The first kappa shape index (κ1) is 45.4. The SMILES string of the molecule is CCCC(NC(=O)C1Cc2cccc(c2)OCCCCCCC(=O)N[C@@H](C2CCCCC2)C(=O)N1)C(=O)C(=O)NCC(=O)N[C@H](C(=O)OC(C)(C)C)c1ccccc1. The zero-order valence-corrected chi connectivity index (χ0v) is 34.4. The van der Waals surface area contributed by atoms with Crippen LogP contribution in [0, 0.1) is 5.92 Å². The van der Waals surface area contributed by atoms with Gasteiger partial charge in [-0.2, -0.15) is 0 Å². The Bertz CT molecular complexity index is 1720. The maximum atomic E-state index is 14.1. The first-order chi connectivity index (χ1) is 27.7. The summed E-state index contributed by atoms with van der Waals surface area (Å²) in [5, 5.41) is 13.5. The summed E-state index contributed by atoms with van der Waals surface area (Å²) in [6.07, 6.45) is 8.53. The van der Waals surface area contributed by atoms with Gasteiger partial charge >= 0.3 is 5.97 Å². The third-order valence-corrected chi connectivity index (χ3v) is 10.2. The number of rotatable bonds is 12. The molecule has 2 bridgehead atoms. The van der Waals surface area contributed by atoms with Crippen molar-refractivity contribution in [3.8, 4) is 5.75 Å². The van der Waals surface area contributed by atoms with Crippen LogP contribution in [0.2, 0.25) is 0 Å². The molecule has 58 heavy (non-hydrogen) atoms. The Morgan fingerprint density at radius 3 is 2.28 bits per heavy atom. The van der Waals surface area contributed by atoms with E-state index >= 15 is 0 Å². The third kappa shape index (κ3) is 14.9. The summed E-state index contributed by atoms with van der Waals surface area (Å²) in [6.45, 7) is 6.75. The van der Waals surface area contributed by atoms with Gasteiger partial charge in [0.25, 0.3) is 5.91 Å². The fourth-order valence-corrected chi connectivity index (χ4v) is 7.24. The van der Waals surface area contributed by atoms with Gasteiger partial charge in [0.1, 0.15) is 23.4 Å². The van der Waals surface area contributed by atoms with Gasteiger partial charge < -0.3 is 36.1 Å². The lowest BCUT2D eigenvalue weighted by Crippen LogP contribution is -2.59. The minimum Gasteiger partial charge on any atom is -0.494 e. The molecule has 0 radical (unpaired) electrons. The van der Waals surface area contributed by atoms with Crippen molar-refractivity contribution in [1.29, 1.82) is 0 Å². The molecule has 2 aliphatic rings. The van der Waals surface area contributed by atoms with Crippen molar-refractivity contribution in [1.82, 2.24) is 26.6 Å². The molecule has 4 rings (SSSR count). The van der Waals surface area contributed by atoms with Crippen LogP contribution in [0.15, 0.2) is 54.6 Å². The number of hydrogen-bond acceptors (Lipinski definition) is 9. The molecule has 0 spiro atoms. The van der Waals surface area contributed by atoms with E-state index in [1.165, 1.54) is 0 Å². The number of nitrogens with one attached hydrogen (secondary N) is 5. The van der Waals surface area contributed by atoms with Gasteiger partial charge in [0.2, 0.25) is 29.4 Å². The summed E-state index contributed by atoms with van der Waals surface area (Å²) in [6, 6.07) is 11.3. The van der Waals surface area contributed by atoms with Gasteiger partial charge in [0, 0.05) is 12.8 Å². The molecule has 1 heterocycles. The van der Waals surface area contributed by atoms with E-state index in [1.807, 2.05) is 18.2 Å². The first-order valence-corrected chi connectivity index (χ1v) is 20.7. The standard InChI is InChI=1S/C44H61N5O9/c1-5-17-33(39(52)42(55)45-28-36(51)49-38(31-21-12-9-13-22-31)43(56)58-44(2,3)4)46-40(53)34-27-29-18-16-23-32(26-29)57-25-15-7-6-14-24-35(50)48-37(41(54)47-34)30-19-10-8-11-20-30/h9,12-13,16,18,21-23,26,30,33-34,37-38H,5-8,10-11,14-15,17,19-20,24-25,27-28H2,1-4H3,(H,45,55)(H,46,53)(H,47,54)(H,48,50)(H,49,51)/t33?,34?,37-,38-/m0/s1. The van der Waals surface area contributed by atoms with Crippen molar-refractivity contribution < 1.29 is 43.0 Å². The van der Waals surface area contributed by atoms with Crippen LogP contribution in [0.1, 0.15) is 122 Å². The van der Waals surface area contributed by atoms with Gasteiger partial charge in [0.15, 0.2) is 6.04 Å². The van der Waals surface area contributed by atoms with Gasteiger partial charge in [-0.15, -0.1) is 0 Å². The van der Waals surface area contributed by atoms with Gasteiger partial charge in [-0.25, -0.2) is 4.79 Å². The van der Waals surface area contributed by atoms with Crippen LogP contribution in [0.25, 0.3) is 0 Å². The topological polar surface area (TPSA) is 198 Å². The van der Waals surface area contributed by atoms with E-state index < -0.39 is 71.7 Å². The highest BCUT2D eigenvalue weighted by Gasteiger charge is 2.35. The average molecular weight is 804 g/mol. The van der Waals surface area contributed by atoms with Crippen LogP contribution < -0.4 is 31.3 Å². The molecule has 1 fully saturated rings. The highest BCUT2D eigenvalue weighted by Crippen LogP contribution is 2.27. The number of esters is 1. The average Bonchev–Trinajstić information content (AvgIpc) is 3.19. The quantitative estimate of drug-likeness (QED) is 0.154. The second-order valence-corrected chi connectivity index (χ2v) is 16.2. The van der Waals surface area contributed by atoms with E-state index in [4.69, 9.17) is 9.47 Å². The van der Waals surface area contributed by atoms with E-state index in [-0.39, 0.29) is 31.1 Å². The Hall–Kier alpha value is -5.27. The summed E-state index contributed by atoms with van der Waals surface area (Å²) in [5.41, 5.74) is 0.339. The van der Waals surface area contributed by atoms with Crippen molar-refractivity contribution in [2.24, 2.45) is 5.92 Å². The molecule has 0 saturated heterocycles. The highest BCUT2D eigenvalue weighted by molar-refractivity contribution is 6.38. The number of hydrogen-bond donors (Lipinski definition) is 5. The minimum absolute atomic E-state index is 0.0414. The van der Waals surface area contributed by atoms with Gasteiger partial charge in [-0.1, -0.05) is 87.9 Å². The maximum absolute atomic E-state index is 14.1. The molecular formula is C44H61N5O9. The molecule has 316 valence electrons. The normalized spacial score (nSPS) is 19.7. The van der Waals surface area contributed by atoms with Crippen LogP contribution in [-0.2, 0) is 44.7 Å². The van der Waals surface area contributed by atoms with Crippen molar-refractivity contribution in [2.75, 3.05) is 13.2 Å². The predicted molar refractivity (Wildman–Crippen MR) is 217 cm³/mol. The van der Waals surface area contributed by atoms with Crippen molar-refractivity contribution in [2.45, 2.75) is 141 Å². The molecule has 5 N–H and O–H groups in total. The third-order valence-electron chi connectivity index (χ3n) is 10.2. The predicted octanol–water partition coefficient (Wildman–Crippen LogP) is 4.29. The number of Topliss-reactive ketones (excluding diaryl/α,β-unsaturated/α-hetero) is 1. The molecule has 14 heteroatoms. The molecule has 4 atom stereocenters. The second-order valence-electron chi connectivity index (χ2n) is 16.2. The lowest BCUT2D eigenvalue weighted by atomic mass is 9.83. The van der Waals surface area contributed by atoms with Crippen LogP contribution in [0.3, 0.4) is 0 Å². The molecular weight excluding hydrogens is 743 g/mol.